The van der Waals surface area contributed by atoms with Gasteiger partial charge in [0, 0.05) is 18.3 Å². The van der Waals surface area contributed by atoms with Crippen molar-refractivity contribution in [1.82, 2.24) is 9.97 Å². The van der Waals surface area contributed by atoms with Gasteiger partial charge in [-0.2, -0.15) is 0 Å². The number of para-hydroxylation sites is 1. The number of carboxylic acids is 1. The predicted molar refractivity (Wildman–Crippen MR) is 64.6 cm³/mol. The Bertz CT molecular complexity index is 529. The smallest absolute Gasteiger partial charge is 0.373 e. The van der Waals surface area contributed by atoms with Crippen LogP contribution >= 0.6 is 0 Å². The molecule has 1 heterocycles. The number of carbonyl (C=O) groups is 1. The van der Waals surface area contributed by atoms with Crippen molar-refractivity contribution in [1.29, 1.82) is 0 Å². The van der Waals surface area contributed by atoms with E-state index >= 15 is 0 Å². The number of ether oxygens (including phenoxy) is 1. The number of rotatable bonds is 5. The van der Waals surface area contributed by atoms with Crippen LogP contribution in [0.2, 0.25) is 0 Å². The Kier molecular flexibility index (Phi) is 3.86. The second kappa shape index (κ2) is 5.77. The molecule has 92 valence electrons. The van der Waals surface area contributed by atoms with E-state index in [1.165, 1.54) is 6.20 Å². The first-order chi connectivity index (χ1) is 8.75. The lowest BCUT2D eigenvalue weighted by Gasteiger charge is -2.05. The molecule has 0 bridgehead atoms. The monoisotopic (exact) mass is 244 g/mol. The molecule has 1 aromatic carbocycles. The van der Waals surface area contributed by atoms with Gasteiger partial charge < -0.3 is 9.84 Å². The summed E-state index contributed by atoms with van der Waals surface area (Å²) in [5, 5.41) is 8.76. The molecule has 1 aromatic heterocycles. The second-order valence-corrected chi connectivity index (χ2v) is 3.59. The number of aromatic carboxylic acids is 1. The molecular weight excluding hydrogens is 232 g/mol. The maximum absolute atomic E-state index is 10.7. The molecule has 0 radical (unpaired) electrons. The number of hydrogen-bond acceptors (Lipinski definition) is 4. The van der Waals surface area contributed by atoms with E-state index < -0.39 is 5.97 Å². The first kappa shape index (κ1) is 12.0. The van der Waals surface area contributed by atoms with Crippen LogP contribution in [0, 0.1) is 0 Å². The van der Waals surface area contributed by atoms with Crippen LogP contribution in [-0.2, 0) is 6.42 Å². The topological polar surface area (TPSA) is 72.3 Å². The third-order valence-corrected chi connectivity index (χ3v) is 2.27. The number of aromatic nitrogens is 2. The SMILES string of the molecule is O=C(O)c1nccc(CCOc2ccccc2)n1. The molecule has 0 amide bonds. The number of carboxylic acid groups (broad SMARTS) is 1. The zero-order valence-electron chi connectivity index (χ0n) is 9.61. The molecule has 0 aliphatic heterocycles. The Morgan fingerprint density at radius 3 is 2.72 bits per heavy atom. The molecule has 1 N–H and O–H groups in total. The van der Waals surface area contributed by atoms with E-state index in [1.54, 1.807) is 6.07 Å². The average molecular weight is 244 g/mol. The summed E-state index contributed by atoms with van der Waals surface area (Å²) < 4.78 is 5.50. The van der Waals surface area contributed by atoms with Crippen molar-refractivity contribution in [3.05, 3.63) is 54.1 Å². The zero-order valence-corrected chi connectivity index (χ0v) is 9.61. The van der Waals surface area contributed by atoms with E-state index in [9.17, 15) is 4.79 Å². The van der Waals surface area contributed by atoms with Crippen molar-refractivity contribution in [2.45, 2.75) is 6.42 Å². The molecule has 18 heavy (non-hydrogen) atoms. The first-order valence-electron chi connectivity index (χ1n) is 5.49. The van der Waals surface area contributed by atoms with Crippen molar-refractivity contribution >= 4 is 5.97 Å². The fourth-order valence-corrected chi connectivity index (χ4v) is 1.43. The molecular formula is C13H12N2O3. The lowest BCUT2D eigenvalue weighted by Crippen LogP contribution is -2.08. The summed E-state index contributed by atoms with van der Waals surface area (Å²) in [4.78, 5) is 18.3. The lowest BCUT2D eigenvalue weighted by molar-refractivity contribution is 0.0683. The van der Waals surface area contributed by atoms with E-state index in [1.807, 2.05) is 30.3 Å². The van der Waals surface area contributed by atoms with Gasteiger partial charge in [0.25, 0.3) is 0 Å². The summed E-state index contributed by atoms with van der Waals surface area (Å²) >= 11 is 0. The van der Waals surface area contributed by atoms with Gasteiger partial charge in [-0.15, -0.1) is 0 Å². The van der Waals surface area contributed by atoms with Crippen LogP contribution in [-0.4, -0.2) is 27.7 Å². The van der Waals surface area contributed by atoms with Gasteiger partial charge in [-0.05, 0) is 18.2 Å². The predicted octanol–water partition coefficient (Wildman–Crippen LogP) is 1.80. The molecule has 2 aromatic rings. The summed E-state index contributed by atoms with van der Waals surface area (Å²) in [6.07, 6.45) is 1.98. The van der Waals surface area contributed by atoms with Gasteiger partial charge in [0.05, 0.1) is 6.61 Å². The third-order valence-electron chi connectivity index (χ3n) is 2.27. The van der Waals surface area contributed by atoms with E-state index in [4.69, 9.17) is 9.84 Å². The molecule has 0 fully saturated rings. The molecule has 2 rings (SSSR count). The van der Waals surface area contributed by atoms with Gasteiger partial charge in [0.2, 0.25) is 5.82 Å². The van der Waals surface area contributed by atoms with E-state index in [0.717, 1.165) is 5.75 Å². The highest BCUT2D eigenvalue weighted by molar-refractivity contribution is 5.82. The molecule has 0 atom stereocenters. The van der Waals surface area contributed by atoms with Gasteiger partial charge >= 0.3 is 5.97 Å². The average Bonchev–Trinajstić information content (AvgIpc) is 2.40. The molecule has 0 spiro atoms. The minimum absolute atomic E-state index is 0.188. The Morgan fingerprint density at radius 1 is 1.22 bits per heavy atom. The van der Waals surface area contributed by atoms with E-state index in [0.29, 0.717) is 18.7 Å². The van der Waals surface area contributed by atoms with Crippen molar-refractivity contribution in [2.75, 3.05) is 6.61 Å². The second-order valence-electron chi connectivity index (χ2n) is 3.59. The number of hydrogen-bond donors (Lipinski definition) is 1. The van der Waals surface area contributed by atoms with Gasteiger partial charge in [-0.25, -0.2) is 14.8 Å². The van der Waals surface area contributed by atoms with Crippen LogP contribution < -0.4 is 4.74 Å². The highest BCUT2D eigenvalue weighted by Crippen LogP contribution is 2.08. The van der Waals surface area contributed by atoms with Gasteiger partial charge in [-0.1, -0.05) is 18.2 Å². The first-order valence-corrected chi connectivity index (χ1v) is 5.49. The maximum Gasteiger partial charge on any atom is 0.373 e. The van der Waals surface area contributed by atoms with Crippen LogP contribution in [0.25, 0.3) is 0 Å². The van der Waals surface area contributed by atoms with Crippen molar-refractivity contribution < 1.29 is 14.6 Å². The molecule has 0 aliphatic carbocycles. The summed E-state index contributed by atoms with van der Waals surface area (Å²) in [7, 11) is 0. The number of benzene rings is 1. The van der Waals surface area contributed by atoms with Crippen LogP contribution in [0.15, 0.2) is 42.6 Å². The molecule has 5 nitrogen and oxygen atoms in total. The maximum atomic E-state index is 10.7. The standard InChI is InChI=1S/C13H12N2O3/c16-13(17)12-14-8-6-10(15-12)7-9-18-11-4-2-1-3-5-11/h1-6,8H,7,9H2,(H,16,17). The minimum Gasteiger partial charge on any atom is -0.493 e. The van der Waals surface area contributed by atoms with Crippen LogP contribution in [0.1, 0.15) is 16.3 Å². The lowest BCUT2D eigenvalue weighted by atomic mass is 10.3. The van der Waals surface area contributed by atoms with Crippen molar-refractivity contribution in [3.8, 4) is 5.75 Å². The quantitative estimate of drug-likeness (QED) is 0.868. The van der Waals surface area contributed by atoms with Crippen molar-refractivity contribution in [3.63, 3.8) is 0 Å². The Morgan fingerprint density at radius 2 is 2.00 bits per heavy atom. The van der Waals surface area contributed by atoms with Crippen LogP contribution in [0.4, 0.5) is 0 Å². The fraction of sp³-hybridized carbons (Fsp3) is 0.154. The molecule has 0 aliphatic rings. The van der Waals surface area contributed by atoms with Crippen LogP contribution in [0.5, 0.6) is 5.75 Å². The van der Waals surface area contributed by atoms with Gasteiger partial charge in [-0.3, -0.25) is 0 Å². The molecule has 5 heteroatoms. The van der Waals surface area contributed by atoms with Crippen molar-refractivity contribution in [2.24, 2.45) is 0 Å². The van der Waals surface area contributed by atoms with Gasteiger partial charge in [0.15, 0.2) is 0 Å². The highest BCUT2D eigenvalue weighted by atomic mass is 16.5. The molecule has 0 saturated heterocycles. The summed E-state index contributed by atoms with van der Waals surface area (Å²) in [6.45, 7) is 0.445. The molecule has 0 unspecified atom stereocenters. The van der Waals surface area contributed by atoms with E-state index in [2.05, 4.69) is 9.97 Å². The normalized spacial score (nSPS) is 10.0. The highest BCUT2D eigenvalue weighted by Gasteiger charge is 2.06. The minimum atomic E-state index is -1.12. The zero-order chi connectivity index (χ0) is 12.8. The fourth-order valence-electron chi connectivity index (χ4n) is 1.43. The Balaban J connectivity index is 1.90. The summed E-state index contributed by atoms with van der Waals surface area (Å²) in [5.41, 5.74) is 0.651. The van der Waals surface area contributed by atoms with Crippen LogP contribution in [0.3, 0.4) is 0 Å². The molecule has 0 saturated carbocycles. The largest absolute Gasteiger partial charge is 0.493 e. The Labute approximate surface area is 104 Å². The van der Waals surface area contributed by atoms with Gasteiger partial charge in [0.1, 0.15) is 5.75 Å². The van der Waals surface area contributed by atoms with E-state index in [-0.39, 0.29) is 5.82 Å². The Hall–Kier alpha value is -2.43. The third kappa shape index (κ3) is 3.28. The summed E-state index contributed by atoms with van der Waals surface area (Å²) in [6, 6.07) is 11.1. The summed E-state index contributed by atoms with van der Waals surface area (Å²) in [5.74, 6) is -0.530. The number of nitrogens with zero attached hydrogens (tertiary/aromatic N) is 2.